The highest BCUT2D eigenvalue weighted by atomic mass is 32.3. The molecule has 7 nitrogen and oxygen atoms in total. The molecule has 2 heterocycles. The number of anilines is 2. The third-order valence-electron chi connectivity index (χ3n) is 4.95. The summed E-state index contributed by atoms with van der Waals surface area (Å²) in [4.78, 5) is 2.23. The average Bonchev–Trinajstić information content (AvgIpc) is 3.14. The second-order valence-electron chi connectivity index (χ2n) is 7.09. The van der Waals surface area contributed by atoms with E-state index in [2.05, 4.69) is 21.4 Å². The molecule has 0 saturated carbocycles. The first-order valence-electron chi connectivity index (χ1n) is 9.39. The quantitative estimate of drug-likeness (QED) is 0.588. The molecule has 29 heavy (non-hydrogen) atoms. The normalized spacial score (nSPS) is 17.4. The smallest absolute Gasteiger partial charge is 0.170 e. The molecule has 0 unspecified atom stereocenters. The largest absolute Gasteiger partial charge is 0.338 e. The second kappa shape index (κ2) is 8.27. The Kier molecular flexibility index (Phi) is 5.56. The van der Waals surface area contributed by atoms with Crippen molar-refractivity contribution in [2.45, 2.75) is 6.54 Å². The Bertz CT molecular complexity index is 1000. The molecule has 1 aliphatic rings. The first kappa shape index (κ1) is 19.5. The highest BCUT2D eigenvalue weighted by Crippen LogP contribution is 2.40. The molecule has 0 atom stereocenters. The van der Waals surface area contributed by atoms with Gasteiger partial charge in [-0.1, -0.05) is 30.3 Å². The summed E-state index contributed by atoms with van der Waals surface area (Å²) in [6.45, 7) is 2.18. The van der Waals surface area contributed by atoms with Gasteiger partial charge >= 0.3 is 0 Å². The summed E-state index contributed by atoms with van der Waals surface area (Å²) in [5, 5.41) is 17.2. The van der Waals surface area contributed by atoms with E-state index in [9.17, 15) is 14.4 Å². The molecule has 0 aliphatic carbocycles. The van der Waals surface area contributed by atoms with Gasteiger partial charge in [-0.3, -0.25) is 14.0 Å². The Morgan fingerprint density at radius 2 is 1.72 bits per heavy atom. The number of nitrogens with zero attached hydrogens (tertiary/aromatic N) is 4. The molecular weight excluding hydrogens is 386 g/mol. The maximum Gasteiger partial charge on any atom is 0.170 e. The van der Waals surface area contributed by atoms with Crippen molar-refractivity contribution < 1.29 is 9.11 Å². The van der Waals surface area contributed by atoms with Crippen molar-refractivity contribution >= 4 is 22.1 Å². The van der Waals surface area contributed by atoms with Gasteiger partial charge in [0.15, 0.2) is 5.82 Å². The van der Waals surface area contributed by atoms with E-state index in [4.69, 9.17) is 0 Å². The zero-order chi connectivity index (χ0) is 20.3. The summed E-state index contributed by atoms with van der Waals surface area (Å²) in [7, 11) is -2.36. The van der Waals surface area contributed by atoms with Crippen LogP contribution < -0.4 is 5.32 Å². The van der Waals surface area contributed by atoms with Gasteiger partial charge in [0.2, 0.25) is 0 Å². The SMILES string of the molecule is N#Cc1cn(-c2ccccc2)nc1Nc1ccc(CN2CCS(O)(O)CC2)cc1. The molecule has 1 aliphatic heterocycles. The summed E-state index contributed by atoms with van der Waals surface area (Å²) in [5.74, 6) is 1.42. The van der Waals surface area contributed by atoms with Crippen molar-refractivity contribution in [2.75, 3.05) is 29.9 Å². The fraction of sp³-hybridized carbons (Fsp3) is 0.238. The standard InChI is InChI=1S/C21H23N5O2S/c22-14-18-16-26(20-4-2-1-3-5-20)24-21(18)23-19-8-6-17(7-9-19)15-25-10-12-29(27,28)13-11-25/h1-9,16,27-28H,10-13,15H2,(H,23,24). The maximum atomic E-state index is 9.73. The van der Waals surface area contributed by atoms with Crippen LogP contribution in [0.3, 0.4) is 0 Å². The maximum absolute atomic E-state index is 9.73. The van der Waals surface area contributed by atoms with Gasteiger partial charge in [0.05, 0.1) is 23.4 Å². The van der Waals surface area contributed by atoms with E-state index in [0.717, 1.165) is 23.5 Å². The average molecular weight is 410 g/mol. The van der Waals surface area contributed by atoms with E-state index in [1.165, 1.54) is 0 Å². The lowest BCUT2D eigenvalue weighted by Crippen LogP contribution is -2.37. The molecule has 150 valence electrons. The van der Waals surface area contributed by atoms with Crippen molar-refractivity contribution in [3.8, 4) is 11.8 Å². The number of nitriles is 1. The van der Waals surface area contributed by atoms with Gasteiger partial charge in [-0.15, -0.1) is 5.10 Å². The molecule has 1 aromatic heterocycles. The monoisotopic (exact) mass is 409 g/mol. The summed E-state index contributed by atoms with van der Waals surface area (Å²) in [6.07, 6.45) is 1.72. The van der Waals surface area contributed by atoms with E-state index >= 15 is 0 Å². The number of aromatic nitrogens is 2. The topological polar surface area (TPSA) is 97.3 Å². The first-order chi connectivity index (χ1) is 14.0. The third-order valence-corrected chi connectivity index (χ3v) is 6.62. The molecule has 8 heteroatoms. The predicted octanol–water partition coefficient (Wildman–Crippen LogP) is 4.05. The Morgan fingerprint density at radius 3 is 2.38 bits per heavy atom. The molecule has 0 amide bonds. The first-order valence-corrected chi connectivity index (χ1v) is 11.3. The van der Waals surface area contributed by atoms with Crippen LogP contribution in [0, 0.1) is 11.3 Å². The lowest BCUT2D eigenvalue weighted by atomic mass is 10.2. The molecular formula is C21H23N5O2S. The van der Waals surface area contributed by atoms with E-state index < -0.39 is 10.6 Å². The van der Waals surface area contributed by atoms with Gasteiger partial charge in [0.25, 0.3) is 0 Å². The lowest BCUT2D eigenvalue weighted by molar-refractivity contribution is 0.278. The van der Waals surface area contributed by atoms with Crippen molar-refractivity contribution in [3.05, 3.63) is 71.9 Å². The number of hydrogen-bond donors (Lipinski definition) is 3. The Morgan fingerprint density at radius 1 is 1.03 bits per heavy atom. The summed E-state index contributed by atoms with van der Waals surface area (Å²) >= 11 is 0. The second-order valence-corrected chi connectivity index (χ2v) is 9.51. The fourth-order valence-corrected chi connectivity index (χ4v) is 4.58. The van der Waals surface area contributed by atoms with E-state index in [-0.39, 0.29) is 0 Å². The van der Waals surface area contributed by atoms with Crippen LogP contribution in [0.4, 0.5) is 11.5 Å². The van der Waals surface area contributed by atoms with Crippen LogP contribution in [-0.2, 0) is 6.54 Å². The molecule has 3 aromatic rings. The summed E-state index contributed by atoms with van der Waals surface area (Å²) in [5.41, 5.74) is 3.39. The van der Waals surface area contributed by atoms with Crippen LogP contribution in [0.1, 0.15) is 11.1 Å². The van der Waals surface area contributed by atoms with Crippen LogP contribution in [0.5, 0.6) is 0 Å². The Labute approximate surface area is 171 Å². The minimum absolute atomic E-state index is 0.452. The van der Waals surface area contributed by atoms with Gasteiger partial charge in [-0.2, -0.15) is 15.9 Å². The highest BCUT2D eigenvalue weighted by Gasteiger charge is 2.22. The van der Waals surface area contributed by atoms with Gasteiger partial charge in [-0.25, -0.2) is 4.68 Å². The number of benzene rings is 2. The minimum Gasteiger partial charge on any atom is -0.338 e. The summed E-state index contributed by atoms with van der Waals surface area (Å²) < 4.78 is 21.1. The fourth-order valence-electron chi connectivity index (χ4n) is 3.27. The molecule has 0 bridgehead atoms. The van der Waals surface area contributed by atoms with E-state index in [0.29, 0.717) is 36.0 Å². The highest BCUT2D eigenvalue weighted by molar-refractivity contribution is 8.24. The van der Waals surface area contributed by atoms with E-state index in [1.54, 1.807) is 10.9 Å². The molecule has 0 radical (unpaired) electrons. The van der Waals surface area contributed by atoms with Gasteiger partial charge < -0.3 is 5.32 Å². The molecule has 1 saturated heterocycles. The molecule has 1 fully saturated rings. The third kappa shape index (κ3) is 4.78. The lowest BCUT2D eigenvalue weighted by Gasteiger charge is -2.41. The van der Waals surface area contributed by atoms with Crippen molar-refractivity contribution in [2.24, 2.45) is 0 Å². The van der Waals surface area contributed by atoms with Crippen LogP contribution >= 0.6 is 10.6 Å². The van der Waals surface area contributed by atoms with Crippen LogP contribution in [0.2, 0.25) is 0 Å². The van der Waals surface area contributed by atoms with E-state index in [1.807, 2.05) is 54.6 Å². The van der Waals surface area contributed by atoms with Gasteiger partial charge in [-0.05, 0) is 29.8 Å². The Hall–Kier alpha value is -2.83. The van der Waals surface area contributed by atoms with Crippen LogP contribution in [0.25, 0.3) is 5.69 Å². The number of hydrogen-bond acceptors (Lipinski definition) is 6. The summed E-state index contributed by atoms with van der Waals surface area (Å²) in [6, 6.07) is 19.9. The van der Waals surface area contributed by atoms with Crippen molar-refractivity contribution in [3.63, 3.8) is 0 Å². The number of para-hydroxylation sites is 1. The van der Waals surface area contributed by atoms with Crippen molar-refractivity contribution in [1.82, 2.24) is 14.7 Å². The zero-order valence-electron chi connectivity index (χ0n) is 15.9. The zero-order valence-corrected chi connectivity index (χ0v) is 16.7. The molecule has 4 rings (SSSR count). The van der Waals surface area contributed by atoms with Crippen LogP contribution in [0.15, 0.2) is 60.8 Å². The van der Waals surface area contributed by atoms with Gasteiger partial charge in [0.1, 0.15) is 11.6 Å². The molecule has 3 N–H and O–H groups in total. The Balaban J connectivity index is 1.43. The predicted molar refractivity (Wildman–Crippen MR) is 116 cm³/mol. The van der Waals surface area contributed by atoms with Crippen molar-refractivity contribution in [1.29, 1.82) is 5.26 Å². The molecule has 0 spiro atoms. The number of nitrogens with one attached hydrogen (secondary N) is 1. The van der Waals surface area contributed by atoms with Crippen LogP contribution in [-0.4, -0.2) is 48.4 Å². The van der Waals surface area contributed by atoms with Gasteiger partial charge in [0, 0.05) is 25.3 Å². The minimum atomic E-state index is -2.36. The number of rotatable bonds is 5. The molecule has 2 aromatic carbocycles.